The lowest BCUT2D eigenvalue weighted by Crippen LogP contribution is -2.27. The molecule has 1 heterocycles. The van der Waals surface area contributed by atoms with Crippen LogP contribution in [-0.2, 0) is 6.54 Å². The third-order valence-electron chi connectivity index (χ3n) is 3.49. The lowest BCUT2D eigenvalue weighted by molar-refractivity contribution is 0.555. The van der Waals surface area contributed by atoms with Crippen molar-refractivity contribution in [1.29, 1.82) is 0 Å². The molecule has 0 aliphatic heterocycles. The summed E-state index contributed by atoms with van der Waals surface area (Å²) in [6.45, 7) is 6.17. The van der Waals surface area contributed by atoms with Crippen LogP contribution in [-0.4, -0.2) is 15.8 Å². The van der Waals surface area contributed by atoms with Crippen LogP contribution in [0.4, 0.5) is 5.69 Å². The van der Waals surface area contributed by atoms with E-state index in [0.29, 0.717) is 24.2 Å². The zero-order chi connectivity index (χ0) is 13.1. The van der Waals surface area contributed by atoms with E-state index in [9.17, 15) is 4.79 Å². The third kappa shape index (κ3) is 2.58. The van der Waals surface area contributed by atoms with Crippen LogP contribution in [0.25, 0.3) is 0 Å². The van der Waals surface area contributed by atoms with Gasteiger partial charge in [-0.1, -0.05) is 31.0 Å². The van der Waals surface area contributed by atoms with E-state index in [1.165, 1.54) is 17.5 Å². The van der Waals surface area contributed by atoms with Gasteiger partial charge in [0.1, 0.15) is 5.02 Å². The van der Waals surface area contributed by atoms with Crippen LogP contribution >= 0.6 is 11.6 Å². The molecule has 98 valence electrons. The molecule has 0 amide bonds. The molecule has 0 bridgehead atoms. The van der Waals surface area contributed by atoms with Crippen molar-refractivity contribution in [2.45, 2.75) is 38.8 Å². The summed E-state index contributed by atoms with van der Waals surface area (Å²) in [4.78, 5) is 11.9. The largest absolute Gasteiger partial charge is 0.379 e. The molecule has 1 fully saturated rings. The molecule has 1 aromatic heterocycles. The fourth-order valence-electron chi connectivity index (χ4n) is 2.38. The minimum Gasteiger partial charge on any atom is -0.379 e. The van der Waals surface area contributed by atoms with E-state index in [4.69, 9.17) is 11.6 Å². The fraction of sp³-hybridized carbons (Fsp3) is 0.538. The molecule has 1 aliphatic carbocycles. The highest BCUT2D eigenvalue weighted by Crippen LogP contribution is 2.29. The highest BCUT2D eigenvalue weighted by Gasteiger charge is 2.24. The van der Waals surface area contributed by atoms with Gasteiger partial charge in [0.2, 0.25) is 0 Å². The zero-order valence-corrected chi connectivity index (χ0v) is 11.3. The van der Waals surface area contributed by atoms with Crippen molar-refractivity contribution in [3.8, 4) is 0 Å². The van der Waals surface area contributed by atoms with Gasteiger partial charge in [-0.25, -0.2) is 4.68 Å². The van der Waals surface area contributed by atoms with Gasteiger partial charge in [0, 0.05) is 6.04 Å². The molecule has 1 aromatic rings. The van der Waals surface area contributed by atoms with Gasteiger partial charge in [-0.2, -0.15) is 5.10 Å². The number of rotatable bonds is 4. The molecule has 1 saturated carbocycles. The monoisotopic (exact) mass is 267 g/mol. The Morgan fingerprint density at radius 2 is 2.44 bits per heavy atom. The van der Waals surface area contributed by atoms with E-state index >= 15 is 0 Å². The molecule has 2 unspecified atom stereocenters. The lowest BCUT2D eigenvalue weighted by Gasteiger charge is -2.19. The molecule has 18 heavy (non-hydrogen) atoms. The van der Waals surface area contributed by atoms with Crippen molar-refractivity contribution in [2.75, 3.05) is 5.32 Å². The summed E-state index contributed by atoms with van der Waals surface area (Å²) >= 11 is 6.09. The van der Waals surface area contributed by atoms with E-state index in [0.717, 1.165) is 6.42 Å². The summed E-state index contributed by atoms with van der Waals surface area (Å²) in [6, 6.07) is 0.388. The first-order valence-corrected chi connectivity index (χ1v) is 6.64. The minimum atomic E-state index is -0.271. The van der Waals surface area contributed by atoms with Gasteiger partial charge >= 0.3 is 0 Å². The average Bonchev–Trinajstić information content (AvgIpc) is 2.75. The molecular weight excluding hydrogens is 250 g/mol. The van der Waals surface area contributed by atoms with Crippen molar-refractivity contribution in [3.05, 3.63) is 34.2 Å². The summed E-state index contributed by atoms with van der Waals surface area (Å²) < 4.78 is 1.30. The number of aromatic nitrogens is 2. The van der Waals surface area contributed by atoms with Gasteiger partial charge in [0.15, 0.2) is 0 Å². The van der Waals surface area contributed by atoms with E-state index in [1.54, 1.807) is 12.3 Å². The summed E-state index contributed by atoms with van der Waals surface area (Å²) in [5.41, 5.74) is 0.368. The highest BCUT2D eigenvalue weighted by molar-refractivity contribution is 6.32. The van der Waals surface area contributed by atoms with Crippen molar-refractivity contribution in [2.24, 2.45) is 5.92 Å². The maximum atomic E-state index is 11.9. The first kappa shape index (κ1) is 13.1. The molecule has 0 aromatic carbocycles. The summed E-state index contributed by atoms with van der Waals surface area (Å²) in [5.74, 6) is 0.608. The Balaban J connectivity index is 2.21. The van der Waals surface area contributed by atoms with Crippen LogP contribution in [0.1, 0.15) is 26.2 Å². The highest BCUT2D eigenvalue weighted by atomic mass is 35.5. The lowest BCUT2D eigenvalue weighted by atomic mass is 10.1. The van der Waals surface area contributed by atoms with Crippen LogP contribution < -0.4 is 10.9 Å². The molecule has 1 N–H and O–H groups in total. The number of allylic oxidation sites excluding steroid dienone is 1. The van der Waals surface area contributed by atoms with Crippen LogP contribution in [0.3, 0.4) is 0 Å². The second-order valence-electron chi connectivity index (χ2n) is 4.81. The van der Waals surface area contributed by atoms with Gasteiger partial charge in [-0.3, -0.25) is 4.79 Å². The Morgan fingerprint density at radius 1 is 1.67 bits per heavy atom. The Bertz CT molecular complexity index is 497. The maximum Gasteiger partial charge on any atom is 0.287 e. The standard InChI is InChI=1S/C13H18ClN3O/c1-3-7-17-13(18)12(14)11(8-15-17)16-10-6-4-5-9(10)2/h3,8-10,16H,1,4-7H2,2H3. The molecule has 4 nitrogen and oxygen atoms in total. The normalized spacial score (nSPS) is 23.0. The minimum absolute atomic E-state index is 0.214. The number of halogens is 1. The number of hydrogen-bond donors (Lipinski definition) is 1. The van der Waals surface area contributed by atoms with Gasteiger partial charge < -0.3 is 5.32 Å². The average molecular weight is 268 g/mol. The molecule has 2 atom stereocenters. The zero-order valence-electron chi connectivity index (χ0n) is 10.5. The van der Waals surface area contributed by atoms with E-state index in [2.05, 4.69) is 23.9 Å². The van der Waals surface area contributed by atoms with Crippen LogP contribution in [0.15, 0.2) is 23.6 Å². The van der Waals surface area contributed by atoms with Crippen molar-refractivity contribution in [3.63, 3.8) is 0 Å². The molecular formula is C13H18ClN3O. The molecule has 0 saturated heterocycles. The SMILES string of the molecule is C=CCn1ncc(NC2CCCC2C)c(Cl)c1=O. The van der Waals surface area contributed by atoms with Crippen molar-refractivity contribution < 1.29 is 0 Å². The Morgan fingerprint density at radius 3 is 3.06 bits per heavy atom. The molecule has 0 radical (unpaired) electrons. The molecule has 2 rings (SSSR count). The summed E-state index contributed by atoms with van der Waals surface area (Å²) in [7, 11) is 0. The second-order valence-corrected chi connectivity index (χ2v) is 5.19. The number of nitrogens with one attached hydrogen (secondary N) is 1. The van der Waals surface area contributed by atoms with E-state index in [1.807, 2.05) is 0 Å². The van der Waals surface area contributed by atoms with Gasteiger partial charge in [-0.15, -0.1) is 6.58 Å². The maximum absolute atomic E-state index is 11.9. The Labute approximate surface area is 112 Å². The van der Waals surface area contributed by atoms with Gasteiger partial charge in [0.05, 0.1) is 18.4 Å². The number of anilines is 1. The van der Waals surface area contributed by atoms with Crippen LogP contribution in [0.5, 0.6) is 0 Å². The topological polar surface area (TPSA) is 46.9 Å². The van der Waals surface area contributed by atoms with E-state index in [-0.39, 0.29) is 10.6 Å². The number of nitrogens with zero attached hydrogens (tertiary/aromatic N) is 2. The predicted molar refractivity (Wildman–Crippen MR) is 74.1 cm³/mol. The first-order valence-electron chi connectivity index (χ1n) is 6.26. The van der Waals surface area contributed by atoms with E-state index < -0.39 is 0 Å². The summed E-state index contributed by atoms with van der Waals surface area (Å²) in [6.07, 6.45) is 6.80. The first-order chi connectivity index (χ1) is 8.63. The quantitative estimate of drug-likeness (QED) is 0.854. The third-order valence-corrected chi connectivity index (χ3v) is 3.85. The van der Waals surface area contributed by atoms with Crippen LogP contribution in [0.2, 0.25) is 5.02 Å². The molecule has 5 heteroatoms. The fourth-order valence-corrected chi connectivity index (χ4v) is 2.58. The molecule has 0 spiro atoms. The smallest absolute Gasteiger partial charge is 0.287 e. The molecule has 1 aliphatic rings. The van der Waals surface area contributed by atoms with Crippen molar-refractivity contribution >= 4 is 17.3 Å². The second kappa shape index (κ2) is 5.57. The summed E-state index contributed by atoms with van der Waals surface area (Å²) in [5, 5.41) is 7.63. The Hall–Kier alpha value is -1.29. The van der Waals surface area contributed by atoms with Gasteiger partial charge in [-0.05, 0) is 18.8 Å². The predicted octanol–water partition coefficient (Wildman–Crippen LogP) is 2.68. The van der Waals surface area contributed by atoms with Crippen molar-refractivity contribution in [1.82, 2.24) is 9.78 Å². The Kier molecular flexibility index (Phi) is 4.07. The number of hydrogen-bond acceptors (Lipinski definition) is 3. The van der Waals surface area contributed by atoms with Gasteiger partial charge in [0.25, 0.3) is 5.56 Å². The van der Waals surface area contributed by atoms with Crippen LogP contribution in [0, 0.1) is 5.92 Å².